The Labute approximate surface area is 101 Å². The van der Waals surface area contributed by atoms with Crippen molar-refractivity contribution in [2.75, 3.05) is 6.61 Å². The summed E-state index contributed by atoms with van der Waals surface area (Å²) in [5, 5.41) is 17.4. The van der Waals surface area contributed by atoms with Crippen LogP contribution in [-0.4, -0.2) is 16.3 Å². The van der Waals surface area contributed by atoms with Gasteiger partial charge in [0.05, 0.1) is 0 Å². The van der Waals surface area contributed by atoms with Gasteiger partial charge in [0, 0.05) is 18.8 Å². The van der Waals surface area contributed by atoms with Crippen molar-refractivity contribution in [3.63, 3.8) is 0 Å². The van der Waals surface area contributed by atoms with E-state index in [1.54, 1.807) is 16.7 Å². The van der Waals surface area contributed by atoms with E-state index in [0.717, 1.165) is 31.4 Å². The molecule has 92 valence electrons. The fourth-order valence-corrected chi connectivity index (χ4v) is 1.77. The molecule has 0 atom stereocenters. The Balaban J connectivity index is 2.65. The van der Waals surface area contributed by atoms with E-state index in [9.17, 15) is 4.79 Å². The van der Waals surface area contributed by atoms with Gasteiger partial charge < -0.3 is 9.67 Å². The summed E-state index contributed by atoms with van der Waals surface area (Å²) in [4.78, 5) is 11.8. The number of hydrogen-bond donors (Lipinski definition) is 1. The van der Waals surface area contributed by atoms with Crippen LogP contribution in [0.3, 0.4) is 0 Å². The molecule has 0 aliphatic carbocycles. The second-order valence-corrected chi connectivity index (χ2v) is 4.09. The average molecular weight is 234 g/mol. The van der Waals surface area contributed by atoms with Crippen LogP contribution in [0.4, 0.5) is 0 Å². The topological polar surface area (TPSA) is 66.0 Å². The van der Waals surface area contributed by atoms with E-state index in [1.807, 2.05) is 13.0 Å². The number of aliphatic hydroxyl groups is 1. The normalized spacial score (nSPS) is 10.2. The molecule has 1 aromatic heterocycles. The Kier molecular flexibility index (Phi) is 5.44. The molecule has 0 unspecified atom stereocenters. The van der Waals surface area contributed by atoms with Gasteiger partial charge in [-0.3, -0.25) is 4.79 Å². The number of pyridine rings is 1. The summed E-state index contributed by atoms with van der Waals surface area (Å²) in [7, 11) is 0. The zero-order chi connectivity index (χ0) is 12.7. The molecule has 0 saturated carbocycles. The van der Waals surface area contributed by atoms with E-state index in [4.69, 9.17) is 10.4 Å². The first-order valence-electron chi connectivity index (χ1n) is 5.92. The number of hydrogen-bond acceptors (Lipinski definition) is 3. The molecule has 1 N–H and O–H groups in total. The van der Waals surface area contributed by atoms with E-state index >= 15 is 0 Å². The molecule has 0 fully saturated rings. The summed E-state index contributed by atoms with van der Waals surface area (Å²) >= 11 is 0. The van der Waals surface area contributed by atoms with Gasteiger partial charge in [0.15, 0.2) is 0 Å². The van der Waals surface area contributed by atoms with Gasteiger partial charge in [0.2, 0.25) is 0 Å². The van der Waals surface area contributed by atoms with E-state index in [0.29, 0.717) is 6.54 Å². The Hall–Kier alpha value is -1.60. The van der Waals surface area contributed by atoms with Crippen LogP contribution >= 0.6 is 0 Å². The van der Waals surface area contributed by atoms with Crippen molar-refractivity contribution in [2.45, 2.75) is 39.2 Å². The first-order valence-corrected chi connectivity index (χ1v) is 5.92. The molecule has 0 amide bonds. The number of nitrogens with zero attached hydrogens (tertiary/aromatic N) is 2. The number of aromatic nitrogens is 1. The van der Waals surface area contributed by atoms with Crippen molar-refractivity contribution in [2.24, 2.45) is 0 Å². The molecule has 0 bridgehead atoms. The summed E-state index contributed by atoms with van der Waals surface area (Å²) in [5.74, 6) is 0. The number of aryl methyl sites for hydroxylation is 1. The molecule has 0 saturated heterocycles. The van der Waals surface area contributed by atoms with Crippen molar-refractivity contribution in [1.82, 2.24) is 4.57 Å². The predicted octanol–water partition coefficient (Wildman–Crippen LogP) is 1.58. The zero-order valence-electron chi connectivity index (χ0n) is 10.1. The third-order valence-corrected chi connectivity index (χ3v) is 2.80. The second-order valence-electron chi connectivity index (χ2n) is 4.09. The first kappa shape index (κ1) is 13.5. The molecule has 0 radical (unpaired) electrons. The predicted molar refractivity (Wildman–Crippen MR) is 65.7 cm³/mol. The molecule has 0 aromatic carbocycles. The Morgan fingerprint density at radius 1 is 1.29 bits per heavy atom. The summed E-state index contributed by atoms with van der Waals surface area (Å²) in [5.41, 5.74) is 0.886. The fourth-order valence-electron chi connectivity index (χ4n) is 1.77. The number of nitriles is 1. The molecule has 0 spiro atoms. The van der Waals surface area contributed by atoms with Gasteiger partial charge in [0.1, 0.15) is 11.6 Å². The minimum Gasteiger partial charge on any atom is -0.396 e. The van der Waals surface area contributed by atoms with Gasteiger partial charge in [-0.1, -0.05) is 12.8 Å². The quantitative estimate of drug-likeness (QED) is 0.760. The molecular formula is C13H18N2O2. The lowest BCUT2D eigenvalue weighted by atomic mass is 10.2. The highest BCUT2D eigenvalue weighted by atomic mass is 16.2. The van der Waals surface area contributed by atoms with Crippen molar-refractivity contribution < 1.29 is 5.11 Å². The third-order valence-electron chi connectivity index (χ3n) is 2.80. The van der Waals surface area contributed by atoms with Gasteiger partial charge in [-0.2, -0.15) is 5.26 Å². The molecule has 0 aliphatic heterocycles. The third kappa shape index (κ3) is 3.72. The summed E-state index contributed by atoms with van der Waals surface area (Å²) in [6.07, 6.45) is 3.67. The van der Waals surface area contributed by atoms with Crippen LogP contribution in [0.2, 0.25) is 0 Å². The largest absolute Gasteiger partial charge is 0.396 e. The molecule has 4 heteroatoms. The maximum atomic E-state index is 11.8. The van der Waals surface area contributed by atoms with E-state index in [1.165, 1.54) is 0 Å². The molecule has 17 heavy (non-hydrogen) atoms. The summed E-state index contributed by atoms with van der Waals surface area (Å²) < 4.78 is 1.65. The lowest BCUT2D eigenvalue weighted by molar-refractivity contribution is 0.282. The Morgan fingerprint density at radius 3 is 2.65 bits per heavy atom. The Bertz CT molecular complexity index is 457. The maximum absolute atomic E-state index is 11.8. The SMILES string of the molecule is Cc1ccc(C#N)c(=O)n1CCCCCCO. The lowest BCUT2D eigenvalue weighted by Gasteiger charge is -2.09. The van der Waals surface area contributed by atoms with Gasteiger partial charge >= 0.3 is 0 Å². The highest BCUT2D eigenvalue weighted by Crippen LogP contribution is 2.04. The second kappa shape index (κ2) is 6.87. The minimum absolute atomic E-state index is 0.199. The van der Waals surface area contributed by atoms with Crippen LogP contribution in [-0.2, 0) is 6.54 Å². The lowest BCUT2D eigenvalue weighted by Crippen LogP contribution is -2.24. The number of aliphatic hydroxyl groups excluding tert-OH is 1. The van der Waals surface area contributed by atoms with Crippen LogP contribution in [0, 0.1) is 18.3 Å². The molecule has 0 aliphatic rings. The standard InChI is InChI=1S/C13H18N2O2/c1-11-6-7-12(10-14)13(17)15(11)8-4-2-3-5-9-16/h6-7,16H,2-5,8-9H2,1H3. The van der Waals surface area contributed by atoms with Gasteiger partial charge in [-0.05, 0) is 31.9 Å². The van der Waals surface area contributed by atoms with E-state index in [2.05, 4.69) is 0 Å². The number of unbranched alkanes of at least 4 members (excludes halogenated alkanes) is 3. The van der Waals surface area contributed by atoms with Crippen LogP contribution in [0.25, 0.3) is 0 Å². The molecule has 1 aromatic rings. The summed E-state index contributed by atoms with van der Waals surface area (Å²) in [6, 6.07) is 5.28. The highest BCUT2D eigenvalue weighted by Gasteiger charge is 2.04. The van der Waals surface area contributed by atoms with Gasteiger partial charge in [-0.25, -0.2) is 0 Å². The first-order chi connectivity index (χ1) is 8.20. The van der Waals surface area contributed by atoms with Gasteiger partial charge in [0.25, 0.3) is 5.56 Å². The monoisotopic (exact) mass is 234 g/mol. The molecule has 4 nitrogen and oxygen atoms in total. The van der Waals surface area contributed by atoms with Crippen molar-refractivity contribution in [1.29, 1.82) is 5.26 Å². The van der Waals surface area contributed by atoms with Crippen molar-refractivity contribution in [3.8, 4) is 6.07 Å². The van der Waals surface area contributed by atoms with Crippen LogP contribution in [0.1, 0.15) is 36.9 Å². The van der Waals surface area contributed by atoms with E-state index in [-0.39, 0.29) is 17.7 Å². The molecule has 1 rings (SSSR count). The van der Waals surface area contributed by atoms with Crippen LogP contribution in [0.5, 0.6) is 0 Å². The Morgan fingerprint density at radius 2 is 2.00 bits per heavy atom. The highest BCUT2D eigenvalue weighted by molar-refractivity contribution is 5.27. The van der Waals surface area contributed by atoms with Crippen molar-refractivity contribution >= 4 is 0 Å². The van der Waals surface area contributed by atoms with Crippen molar-refractivity contribution in [3.05, 3.63) is 33.7 Å². The average Bonchev–Trinajstić information content (AvgIpc) is 2.33. The smallest absolute Gasteiger partial charge is 0.268 e. The fraction of sp³-hybridized carbons (Fsp3) is 0.538. The maximum Gasteiger partial charge on any atom is 0.268 e. The molecular weight excluding hydrogens is 216 g/mol. The minimum atomic E-state index is -0.199. The van der Waals surface area contributed by atoms with Crippen LogP contribution < -0.4 is 5.56 Å². The van der Waals surface area contributed by atoms with Gasteiger partial charge in [-0.15, -0.1) is 0 Å². The van der Waals surface area contributed by atoms with Crippen LogP contribution in [0.15, 0.2) is 16.9 Å². The number of rotatable bonds is 6. The zero-order valence-corrected chi connectivity index (χ0v) is 10.1. The molecule has 1 heterocycles. The van der Waals surface area contributed by atoms with E-state index < -0.39 is 0 Å². The summed E-state index contributed by atoms with van der Waals surface area (Å²) in [6.45, 7) is 2.74.